The molecule has 1 saturated heterocycles. The van der Waals surface area contributed by atoms with Crippen LogP contribution < -0.4 is 15.5 Å². The molecule has 0 bridgehead atoms. The zero-order chi connectivity index (χ0) is 20.8. The van der Waals surface area contributed by atoms with Gasteiger partial charge in [-0.15, -0.1) is 0 Å². The summed E-state index contributed by atoms with van der Waals surface area (Å²) < 4.78 is 5.43. The standard InChI is InChI=1S/C23H31N5O2/c1-17-16-21(28-12-14-30-15-13-28)27-23(24-17)26-20-9-7-19(8-10-20)25-22(29)11-6-18-4-2-3-5-18/h7-10,16,18H,2-6,11-15H2,1H3,(H,25,29)(H,24,26,27). The molecule has 1 aromatic carbocycles. The molecule has 7 heteroatoms. The zero-order valence-electron chi connectivity index (χ0n) is 17.7. The first-order valence-electron chi connectivity index (χ1n) is 11.0. The molecular weight excluding hydrogens is 378 g/mol. The Labute approximate surface area is 178 Å². The summed E-state index contributed by atoms with van der Waals surface area (Å²) in [6.07, 6.45) is 6.80. The zero-order valence-corrected chi connectivity index (χ0v) is 17.7. The van der Waals surface area contributed by atoms with Crippen LogP contribution in [0.4, 0.5) is 23.1 Å². The lowest BCUT2D eigenvalue weighted by Gasteiger charge is -2.28. The predicted molar refractivity (Wildman–Crippen MR) is 119 cm³/mol. The maximum Gasteiger partial charge on any atom is 0.229 e. The van der Waals surface area contributed by atoms with Gasteiger partial charge in [-0.25, -0.2) is 4.98 Å². The van der Waals surface area contributed by atoms with E-state index in [1.165, 1.54) is 25.7 Å². The second-order valence-electron chi connectivity index (χ2n) is 8.23. The lowest BCUT2D eigenvalue weighted by molar-refractivity contribution is -0.116. The average Bonchev–Trinajstić information content (AvgIpc) is 3.28. The number of carbonyl (C=O) groups excluding carboxylic acids is 1. The quantitative estimate of drug-likeness (QED) is 0.711. The first kappa shape index (κ1) is 20.6. The number of rotatable bonds is 7. The van der Waals surface area contributed by atoms with Gasteiger partial charge in [0.25, 0.3) is 0 Å². The summed E-state index contributed by atoms with van der Waals surface area (Å²) in [5, 5.41) is 6.28. The van der Waals surface area contributed by atoms with Crippen LogP contribution in [-0.2, 0) is 9.53 Å². The summed E-state index contributed by atoms with van der Waals surface area (Å²) >= 11 is 0. The van der Waals surface area contributed by atoms with Crippen LogP contribution in [0.25, 0.3) is 0 Å². The van der Waals surface area contributed by atoms with Crippen LogP contribution in [0.5, 0.6) is 0 Å². The molecular formula is C23H31N5O2. The number of aryl methyl sites for hydroxylation is 1. The second kappa shape index (κ2) is 9.89. The molecule has 2 fully saturated rings. The summed E-state index contributed by atoms with van der Waals surface area (Å²) in [6.45, 7) is 5.09. The third-order valence-electron chi connectivity index (χ3n) is 5.85. The summed E-state index contributed by atoms with van der Waals surface area (Å²) in [6, 6.07) is 9.70. The lowest BCUT2D eigenvalue weighted by atomic mass is 10.0. The molecule has 1 aliphatic heterocycles. The molecule has 2 aliphatic rings. The number of nitrogens with one attached hydrogen (secondary N) is 2. The number of morpholine rings is 1. The van der Waals surface area contributed by atoms with Gasteiger partial charge < -0.3 is 20.3 Å². The Morgan fingerprint density at radius 2 is 1.80 bits per heavy atom. The van der Waals surface area contributed by atoms with Crippen molar-refractivity contribution in [2.45, 2.75) is 45.4 Å². The van der Waals surface area contributed by atoms with E-state index in [4.69, 9.17) is 4.74 Å². The first-order chi connectivity index (χ1) is 14.7. The van der Waals surface area contributed by atoms with E-state index >= 15 is 0 Å². The van der Waals surface area contributed by atoms with Gasteiger partial charge in [-0.3, -0.25) is 4.79 Å². The molecule has 1 amide bonds. The second-order valence-corrected chi connectivity index (χ2v) is 8.23. The van der Waals surface area contributed by atoms with Crippen LogP contribution in [0.15, 0.2) is 30.3 Å². The molecule has 0 spiro atoms. The van der Waals surface area contributed by atoms with Crippen LogP contribution in [-0.4, -0.2) is 42.2 Å². The highest BCUT2D eigenvalue weighted by Crippen LogP contribution is 2.28. The fraction of sp³-hybridized carbons (Fsp3) is 0.522. The van der Waals surface area contributed by atoms with Gasteiger partial charge in [-0.1, -0.05) is 25.7 Å². The molecule has 0 radical (unpaired) electrons. The van der Waals surface area contributed by atoms with Gasteiger partial charge >= 0.3 is 0 Å². The van der Waals surface area contributed by atoms with Gasteiger partial charge in [0.05, 0.1) is 13.2 Å². The number of hydrogen-bond acceptors (Lipinski definition) is 6. The minimum atomic E-state index is 0.0970. The van der Waals surface area contributed by atoms with E-state index in [-0.39, 0.29) is 5.91 Å². The van der Waals surface area contributed by atoms with E-state index in [2.05, 4.69) is 25.5 Å². The molecule has 1 aliphatic carbocycles. The number of hydrogen-bond donors (Lipinski definition) is 2. The minimum Gasteiger partial charge on any atom is -0.378 e. The highest BCUT2D eigenvalue weighted by atomic mass is 16.5. The van der Waals surface area contributed by atoms with Crippen molar-refractivity contribution < 1.29 is 9.53 Å². The number of carbonyl (C=O) groups is 1. The number of ether oxygens (including phenoxy) is 1. The monoisotopic (exact) mass is 409 g/mol. The molecule has 160 valence electrons. The third kappa shape index (κ3) is 5.69. The van der Waals surface area contributed by atoms with Gasteiger partial charge in [-0.2, -0.15) is 4.98 Å². The van der Waals surface area contributed by atoms with Crippen LogP contribution >= 0.6 is 0 Å². The van der Waals surface area contributed by atoms with Crippen molar-refractivity contribution in [1.29, 1.82) is 0 Å². The van der Waals surface area contributed by atoms with E-state index in [1.807, 2.05) is 37.3 Å². The number of aromatic nitrogens is 2. The SMILES string of the molecule is Cc1cc(N2CCOCC2)nc(Nc2ccc(NC(=O)CCC3CCCC3)cc2)n1. The molecule has 7 nitrogen and oxygen atoms in total. The molecule has 1 aromatic heterocycles. The number of benzene rings is 1. The molecule has 4 rings (SSSR count). The van der Waals surface area contributed by atoms with Crippen molar-refractivity contribution in [3.8, 4) is 0 Å². The fourth-order valence-electron chi connectivity index (χ4n) is 4.19. The molecule has 2 heterocycles. The molecule has 2 aromatic rings. The summed E-state index contributed by atoms with van der Waals surface area (Å²) in [5.74, 6) is 2.32. The molecule has 0 atom stereocenters. The van der Waals surface area contributed by atoms with Gasteiger partial charge in [0.1, 0.15) is 5.82 Å². The van der Waals surface area contributed by atoms with Crippen molar-refractivity contribution >= 4 is 29.0 Å². The largest absolute Gasteiger partial charge is 0.378 e. The third-order valence-corrected chi connectivity index (χ3v) is 5.85. The van der Waals surface area contributed by atoms with E-state index in [0.29, 0.717) is 12.4 Å². The van der Waals surface area contributed by atoms with Crippen LogP contribution in [0.1, 0.15) is 44.2 Å². The van der Waals surface area contributed by atoms with E-state index < -0.39 is 0 Å². The van der Waals surface area contributed by atoms with Crippen LogP contribution in [0.3, 0.4) is 0 Å². The number of amides is 1. The highest BCUT2D eigenvalue weighted by Gasteiger charge is 2.16. The number of anilines is 4. The maximum atomic E-state index is 12.2. The van der Waals surface area contributed by atoms with Crippen molar-refractivity contribution in [2.75, 3.05) is 41.8 Å². The Bertz CT molecular complexity index is 843. The van der Waals surface area contributed by atoms with Crippen LogP contribution in [0.2, 0.25) is 0 Å². The van der Waals surface area contributed by atoms with Crippen molar-refractivity contribution in [1.82, 2.24) is 9.97 Å². The molecule has 1 saturated carbocycles. The Morgan fingerprint density at radius 1 is 1.10 bits per heavy atom. The van der Waals surface area contributed by atoms with Gasteiger partial charge in [0.2, 0.25) is 11.9 Å². The van der Waals surface area contributed by atoms with Crippen molar-refractivity contribution in [3.05, 3.63) is 36.0 Å². The summed E-state index contributed by atoms with van der Waals surface area (Å²) in [5.41, 5.74) is 2.62. The number of nitrogens with zero attached hydrogens (tertiary/aromatic N) is 3. The average molecular weight is 410 g/mol. The van der Waals surface area contributed by atoms with E-state index in [0.717, 1.165) is 61.5 Å². The van der Waals surface area contributed by atoms with Gasteiger partial charge in [-0.05, 0) is 43.5 Å². The van der Waals surface area contributed by atoms with E-state index in [1.54, 1.807) is 0 Å². The minimum absolute atomic E-state index is 0.0970. The molecule has 30 heavy (non-hydrogen) atoms. The van der Waals surface area contributed by atoms with Gasteiger partial charge in [0, 0.05) is 42.6 Å². The van der Waals surface area contributed by atoms with Crippen molar-refractivity contribution in [2.24, 2.45) is 5.92 Å². The van der Waals surface area contributed by atoms with Crippen LogP contribution in [0, 0.1) is 12.8 Å². The first-order valence-corrected chi connectivity index (χ1v) is 11.0. The Kier molecular flexibility index (Phi) is 6.79. The molecule has 0 unspecified atom stereocenters. The van der Waals surface area contributed by atoms with Crippen molar-refractivity contribution in [3.63, 3.8) is 0 Å². The Balaban J connectivity index is 1.32. The lowest BCUT2D eigenvalue weighted by Crippen LogP contribution is -2.36. The highest BCUT2D eigenvalue weighted by molar-refractivity contribution is 5.90. The predicted octanol–water partition coefficient (Wildman–Crippen LogP) is 4.27. The Hall–Kier alpha value is -2.67. The summed E-state index contributed by atoms with van der Waals surface area (Å²) in [4.78, 5) is 23.6. The normalized spacial score (nSPS) is 17.2. The van der Waals surface area contributed by atoms with Gasteiger partial charge in [0.15, 0.2) is 0 Å². The summed E-state index contributed by atoms with van der Waals surface area (Å²) in [7, 11) is 0. The Morgan fingerprint density at radius 3 is 2.53 bits per heavy atom. The topological polar surface area (TPSA) is 79.4 Å². The maximum absolute atomic E-state index is 12.2. The molecule has 2 N–H and O–H groups in total. The smallest absolute Gasteiger partial charge is 0.229 e. The van der Waals surface area contributed by atoms with E-state index in [9.17, 15) is 4.79 Å². The fourth-order valence-corrected chi connectivity index (χ4v) is 4.19.